The lowest BCUT2D eigenvalue weighted by molar-refractivity contribution is -0.117. The number of thiazole rings is 1. The average molecular weight is 426 g/mol. The monoisotopic (exact) mass is 425 g/mol. The second kappa shape index (κ2) is 7.91. The van der Waals surface area contributed by atoms with Crippen LogP contribution in [0.1, 0.15) is 26.2 Å². The van der Waals surface area contributed by atoms with Gasteiger partial charge in [0.2, 0.25) is 5.91 Å². The van der Waals surface area contributed by atoms with Crippen LogP contribution in [-0.4, -0.2) is 20.0 Å². The number of amides is 1. The molecule has 30 heavy (non-hydrogen) atoms. The van der Waals surface area contributed by atoms with E-state index in [1.54, 1.807) is 5.38 Å². The third-order valence-corrected chi connectivity index (χ3v) is 6.01. The smallest absolute Gasteiger partial charge is 0.332 e. The van der Waals surface area contributed by atoms with E-state index < -0.39 is 11.2 Å². The Bertz CT molecular complexity index is 1240. The van der Waals surface area contributed by atoms with E-state index in [-0.39, 0.29) is 23.2 Å². The first kappa shape index (κ1) is 20.1. The summed E-state index contributed by atoms with van der Waals surface area (Å²) in [6.07, 6.45) is 2.60. The quantitative estimate of drug-likeness (QED) is 0.631. The van der Waals surface area contributed by atoms with Crippen molar-refractivity contribution in [1.82, 2.24) is 14.1 Å². The van der Waals surface area contributed by atoms with Crippen molar-refractivity contribution in [2.75, 3.05) is 11.1 Å². The van der Waals surface area contributed by atoms with Crippen molar-refractivity contribution >= 4 is 28.7 Å². The Hall–Kier alpha value is -3.20. The molecule has 1 aliphatic rings. The Kier molecular flexibility index (Phi) is 5.29. The zero-order chi connectivity index (χ0) is 21.4. The molecule has 0 saturated heterocycles. The average Bonchev–Trinajstić information content (AvgIpc) is 3.48. The number of carbonyl (C=O) groups is 1. The molecule has 1 fully saturated rings. The first-order chi connectivity index (χ1) is 14.4. The van der Waals surface area contributed by atoms with E-state index in [1.807, 2.05) is 31.2 Å². The minimum atomic E-state index is -0.466. The lowest BCUT2D eigenvalue weighted by Gasteiger charge is -2.13. The summed E-state index contributed by atoms with van der Waals surface area (Å²) in [6.45, 7) is 2.36. The van der Waals surface area contributed by atoms with Crippen molar-refractivity contribution in [2.45, 2.75) is 32.7 Å². The van der Waals surface area contributed by atoms with Gasteiger partial charge < -0.3 is 11.1 Å². The maximum absolute atomic E-state index is 12.7. The molecule has 2 heterocycles. The van der Waals surface area contributed by atoms with Gasteiger partial charge >= 0.3 is 5.69 Å². The van der Waals surface area contributed by atoms with Gasteiger partial charge in [0.05, 0.1) is 5.69 Å². The molecule has 156 valence electrons. The fraction of sp³-hybridized carbons (Fsp3) is 0.333. The molecule has 3 N–H and O–H groups in total. The largest absolute Gasteiger partial charge is 0.384 e. The second-order valence-electron chi connectivity index (χ2n) is 7.44. The fourth-order valence-corrected chi connectivity index (χ4v) is 4.11. The van der Waals surface area contributed by atoms with E-state index in [0.29, 0.717) is 29.4 Å². The van der Waals surface area contributed by atoms with Gasteiger partial charge in [-0.15, -0.1) is 11.3 Å². The number of nitrogen functional groups attached to an aromatic ring is 1. The van der Waals surface area contributed by atoms with Crippen LogP contribution in [0.5, 0.6) is 0 Å². The summed E-state index contributed by atoms with van der Waals surface area (Å²) in [5.41, 5.74) is 7.51. The number of hydrogen-bond acceptors (Lipinski definition) is 6. The van der Waals surface area contributed by atoms with Crippen LogP contribution >= 0.6 is 11.3 Å². The number of anilines is 2. The van der Waals surface area contributed by atoms with E-state index in [4.69, 9.17) is 5.73 Å². The molecule has 8 nitrogen and oxygen atoms in total. The van der Waals surface area contributed by atoms with Gasteiger partial charge in [-0.1, -0.05) is 19.1 Å². The summed E-state index contributed by atoms with van der Waals surface area (Å²) < 4.78 is 2.47. The summed E-state index contributed by atoms with van der Waals surface area (Å²) in [6, 6.07) is 7.46. The van der Waals surface area contributed by atoms with E-state index in [9.17, 15) is 14.4 Å². The Morgan fingerprint density at radius 3 is 2.80 bits per heavy atom. The van der Waals surface area contributed by atoms with Gasteiger partial charge in [0.25, 0.3) is 5.56 Å². The molecular formula is C21H23N5O3S. The molecule has 0 unspecified atom stereocenters. The van der Waals surface area contributed by atoms with Crippen LogP contribution in [0.3, 0.4) is 0 Å². The molecular weight excluding hydrogens is 402 g/mol. The van der Waals surface area contributed by atoms with E-state index in [0.717, 1.165) is 23.0 Å². The highest BCUT2D eigenvalue weighted by Crippen LogP contribution is 2.32. The molecule has 2 aromatic heterocycles. The number of nitrogens with two attached hydrogens (primary N) is 1. The predicted octanol–water partition coefficient (Wildman–Crippen LogP) is 2.68. The highest BCUT2D eigenvalue weighted by molar-refractivity contribution is 7.13. The normalized spacial score (nSPS) is 13.4. The van der Waals surface area contributed by atoms with Gasteiger partial charge in [-0.25, -0.2) is 9.78 Å². The van der Waals surface area contributed by atoms with Crippen LogP contribution in [0.2, 0.25) is 0 Å². The highest BCUT2D eigenvalue weighted by atomic mass is 32.1. The van der Waals surface area contributed by atoms with Crippen molar-refractivity contribution in [3.8, 4) is 21.8 Å². The highest BCUT2D eigenvalue weighted by Gasteiger charge is 2.29. The minimum Gasteiger partial charge on any atom is -0.384 e. The maximum Gasteiger partial charge on any atom is 0.332 e. The molecule has 0 spiro atoms. The van der Waals surface area contributed by atoms with Gasteiger partial charge in [0.1, 0.15) is 16.4 Å². The van der Waals surface area contributed by atoms with Crippen molar-refractivity contribution in [3.05, 3.63) is 50.5 Å². The van der Waals surface area contributed by atoms with E-state index >= 15 is 0 Å². The molecule has 4 rings (SSSR count). The van der Waals surface area contributed by atoms with Crippen LogP contribution in [0.25, 0.3) is 21.8 Å². The van der Waals surface area contributed by atoms with Crippen LogP contribution in [0.15, 0.2) is 39.2 Å². The van der Waals surface area contributed by atoms with Crippen molar-refractivity contribution in [1.29, 1.82) is 0 Å². The SMILES string of the molecule is CCCn1c(N)c(-c2csc(-c3cccc(NC(=O)C4CC4)c3)n2)c(=O)n(C)c1=O. The number of rotatable bonds is 6. The fourth-order valence-electron chi connectivity index (χ4n) is 3.30. The molecule has 3 aromatic rings. The second-order valence-corrected chi connectivity index (χ2v) is 8.30. The van der Waals surface area contributed by atoms with Gasteiger partial charge in [0.15, 0.2) is 0 Å². The Balaban J connectivity index is 1.71. The first-order valence-corrected chi connectivity index (χ1v) is 10.7. The summed E-state index contributed by atoms with van der Waals surface area (Å²) in [5.74, 6) is 0.298. The van der Waals surface area contributed by atoms with Crippen LogP contribution in [0, 0.1) is 5.92 Å². The standard InChI is InChI=1S/C21H23N5O3S/c1-3-9-26-17(22)16(20(28)25(2)21(26)29)15-11-30-19(24-15)13-5-4-6-14(10-13)23-18(27)12-7-8-12/h4-6,10-12H,3,7-9,22H2,1-2H3,(H,23,27). The summed E-state index contributed by atoms with van der Waals surface area (Å²) in [4.78, 5) is 41.8. The third-order valence-electron chi connectivity index (χ3n) is 5.12. The molecule has 0 radical (unpaired) electrons. The van der Waals surface area contributed by atoms with Crippen LogP contribution < -0.4 is 22.3 Å². The zero-order valence-corrected chi connectivity index (χ0v) is 17.7. The Morgan fingerprint density at radius 2 is 2.10 bits per heavy atom. The molecule has 1 aromatic carbocycles. The van der Waals surface area contributed by atoms with Gasteiger partial charge in [0, 0.05) is 36.1 Å². The van der Waals surface area contributed by atoms with Gasteiger partial charge in [-0.2, -0.15) is 0 Å². The van der Waals surface area contributed by atoms with Gasteiger partial charge in [-0.3, -0.25) is 18.7 Å². The molecule has 1 saturated carbocycles. The van der Waals surface area contributed by atoms with E-state index in [2.05, 4.69) is 10.3 Å². The molecule has 9 heteroatoms. The lowest BCUT2D eigenvalue weighted by atomic mass is 10.2. The lowest BCUT2D eigenvalue weighted by Crippen LogP contribution is -2.40. The topological polar surface area (TPSA) is 112 Å². The molecule has 0 atom stereocenters. The molecule has 0 aliphatic heterocycles. The van der Waals surface area contributed by atoms with Crippen molar-refractivity contribution < 1.29 is 4.79 Å². The Labute approximate surface area is 177 Å². The maximum atomic E-state index is 12.7. The van der Waals surface area contributed by atoms with Crippen molar-refractivity contribution in [2.24, 2.45) is 13.0 Å². The minimum absolute atomic E-state index is 0.0430. The number of nitrogens with zero attached hydrogens (tertiary/aromatic N) is 3. The predicted molar refractivity (Wildman–Crippen MR) is 119 cm³/mol. The summed E-state index contributed by atoms with van der Waals surface area (Å²) in [7, 11) is 1.44. The molecule has 1 aliphatic carbocycles. The van der Waals surface area contributed by atoms with Crippen molar-refractivity contribution in [3.63, 3.8) is 0 Å². The summed E-state index contributed by atoms with van der Waals surface area (Å²) >= 11 is 1.38. The first-order valence-electron chi connectivity index (χ1n) is 9.87. The van der Waals surface area contributed by atoms with Crippen LogP contribution in [-0.2, 0) is 18.4 Å². The third kappa shape index (κ3) is 3.68. The number of nitrogens with one attached hydrogen (secondary N) is 1. The molecule has 0 bridgehead atoms. The zero-order valence-electron chi connectivity index (χ0n) is 16.8. The van der Waals surface area contributed by atoms with Gasteiger partial charge in [-0.05, 0) is 31.4 Å². The number of benzene rings is 1. The van der Waals surface area contributed by atoms with Crippen LogP contribution in [0.4, 0.5) is 11.5 Å². The number of hydrogen-bond donors (Lipinski definition) is 2. The molecule has 1 amide bonds. The summed E-state index contributed by atoms with van der Waals surface area (Å²) in [5, 5.41) is 5.39. The number of aromatic nitrogens is 3. The Morgan fingerprint density at radius 1 is 1.33 bits per heavy atom. The number of carbonyl (C=O) groups excluding carboxylic acids is 1. The van der Waals surface area contributed by atoms with E-state index in [1.165, 1.54) is 23.0 Å².